The van der Waals surface area contributed by atoms with E-state index in [4.69, 9.17) is 9.47 Å². The van der Waals surface area contributed by atoms with Crippen molar-refractivity contribution in [3.05, 3.63) is 49.0 Å². The first kappa shape index (κ1) is 16.3. The lowest BCUT2D eigenvalue weighted by molar-refractivity contribution is 0.0462. The summed E-state index contributed by atoms with van der Waals surface area (Å²) in [4.78, 5) is 43.4. The number of esters is 2. The summed E-state index contributed by atoms with van der Waals surface area (Å²) in [5.41, 5.74) is 0.589. The number of fused-ring (bicyclic) bond motifs is 1. The number of thiophene rings is 2. The molecular formula is C15H12N2O5S2. The van der Waals surface area contributed by atoms with Crippen molar-refractivity contribution >= 4 is 44.8 Å². The van der Waals surface area contributed by atoms with Crippen LogP contribution in [-0.4, -0.2) is 29.0 Å². The topological polar surface area (TPSA) is 98.3 Å². The number of methoxy groups -OCH3 is 1. The molecule has 3 aromatic rings. The first-order chi connectivity index (χ1) is 11.5. The molecule has 0 aliphatic heterocycles. The van der Waals surface area contributed by atoms with Crippen molar-refractivity contribution in [2.24, 2.45) is 0 Å². The van der Waals surface area contributed by atoms with Crippen molar-refractivity contribution in [2.75, 3.05) is 7.11 Å². The van der Waals surface area contributed by atoms with Crippen molar-refractivity contribution in [1.29, 1.82) is 0 Å². The summed E-state index contributed by atoms with van der Waals surface area (Å²) in [7, 11) is 1.28. The van der Waals surface area contributed by atoms with Gasteiger partial charge in [0.25, 0.3) is 5.56 Å². The van der Waals surface area contributed by atoms with Gasteiger partial charge in [-0.3, -0.25) is 4.79 Å². The fourth-order valence-corrected chi connectivity index (χ4v) is 3.89. The Labute approximate surface area is 143 Å². The predicted octanol–water partition coefficient (Wildman–Crippen LogP) is 2.50. The Morgan fingerprint density at radius 1 is 1.33 bits per heavy atom. The average Bonchev–Trinajstić information content (AvgIpc) is 3.20. The lowest BCUT2D eigenvalue weighted by Crippen LogP contribution is -2.14. The van der Waals surface area contributed by atoms with E-state index in [2.05, 4.69) is 9.97 Å². The third kappa shape index (κ3) is 2.95. The molecule has 0 atom stereocenters. The highest BCUT2D eigenvalue weighted by molar-refractivity contribution is 7.20. The molecule has 124 valence electrons. The second-order valence-electron chi connectivity index (χ2n) is 4.83. The zero-order valence-corrected chi connectivity index (χ0v) is 14.4. The number of rotatable bonds is 4. The van der Waals surface area contributed by atoms with Crippen LogP contribution in [0.25, 0.3) is 10.2 Å². The van der Waals surface area contributed by atoms with Gasteiger partial charge in [-0.2, -0.15) is 11.3 Å². The maximum Gasteiger partial charge on any atom is 0.348 e. The molecule has 3 aromatic heterocycles. The van der Waals surface area contributed by atoms with Crippen LogP contribution in [0.1, 0.15) is 31.4 Å². The van der Waals surface area contributed by atoms with Gasteiger partial charge < -0.3 is 14.5 Å². The van der Waals surface area contributed by atoms with Crippen LogP contribution < -0.4 is 5.56 Å². The van der Waals surface area contributed by atoms with Crippen molar-refractivity contribution in [3.8, 4) is 0 Å². The summed E-state index contributed by atoms with van der Waals surface area (Å²) < 4.78 is 9.83. The standard InChI is InChI=1S/C15H12N2O5S2/c1-7-10-12(18)16-9(5-22-14(19)8-3-4-23-6-8)17-13(10)24-11(7)15(20)21-2/h3-4,6H,5H2,1-2H3,(H,16,17,18). The Bertz CT molecular complexity index is 972. The SMILES string of the molecule is COC(=O)c1sc2nc(COC(=O)c3ccsc3)[nH]c(=O)c2c1C. The molecule has 0 spiro atoms. The van der Waals surface area contributed by atoms with Gasteiger partial charge in [0, 0.05) is 5.38 Å². The first-order valence-corrected chi connectivity index (χ1v) is 8.57. The minimum Gasteiger partial charge on any atom is -0.465 e. The number of carbonyl (C=O) groups excluding carboxylic acids is 2. The summed E-state index contributed by atoms with van der Waals surface area (Å²) >= 11 is 2.46. The Morgan fingerprint density at radius 3 is 2.79 bits per heavy atom. The van der Waals surface area contributed by atoms with E-state index in [1.54, 1.807) is 23.8 Å². The zero-order chi connectivity index (χ0) is 17.3. The van der Waals surface area contributed by atoms with Crippen LogP contribution in [0.5, 0.6) is 0 Å². The molecule has 0 aliphatic carbocycles. The largest absolute Gasteiger partial charge is 0.465 e. The van der Waals surface area contributed by atoms with Gasteiger partial charge in [-0.05, 0) is 23.9 Å². The van der Waals surface area contributed by atoms with Gasteiger partial charge in [0.15, 0.2) is 0 Å². The summed E-state index contributed by atoms with van der Waals surface area (Å²) in [6, 6.07) is 1.65. The predicted molar refractivity (Wildman–Crippen MR) is 89.8 cm³/mol. The second kappa shape index (κ2) is 6.54. The number of H-pyrrole nitrogens is 1. The molecule has 0 amide bonds. The van der Waals surface area contributed by atoms with Crippen LogP contribution in [-0.2, 0) is 16.1 Å². The molecule has 0 saturated carbocycles. The van der Waals surface area contributed by atoms with Gasteiger partial charge in [-0.15, -0.1) is 11.3 Å². The van der Waals surface area contributed by atoms with Gasteiger partial charge in [0.1, 0.15) is 22.1 Å². The molecule has 0 aliphatic rings. The average molecular weight is 364 g/mol. The molecule has 0 fully saturated rings. The number of aromatic amines is 1. The van der Waals surface area contributed by atoms with E-state index in [1.165, 1.54) is 18.4 Å². The number of carbonyl (C=O) groups is 2. The number of nitrogens with zero attached hydrogens (tertiary/aromatic N) is 1. The van der Waals surface area contributed by atoms with Crippen LogP contribution in [0.3, 0.4) is 0 Å². The third-order valence-electron chi connectivity index (χ3n) is 3.32. The Morgan fingerprint density at radius 2 is 2.12 bits per heavy atom. The van der Waals surface area contributed by atoms with Crippen LogP contribution in [0.4, 0.5) is 0 Å². The molecule has 7 nitrogen and oxygen atoms in total. The minimum atomic E-state index is -0.514. The Balaban J connectivity index is 1.89. The molecule has 24 heavy (non-hydrogen) atoms. The summed E-state index contributed by atoms with van der Waals surface area (Å²) in [5.74, 6) is -0.786. The lowest BCUT2D eigenvalue weighted by Gasteiger charge is -2.03. The molecule has 0 aromatic carbocycles. The van der Waals surface area contributed by atoms with E-state index in [1.807, 2.05) is 0 Å². The normalized spacial score (nSPS) is 10.8. The number of ether oxygens (including phenoxy) is 2. The zero-order valence-electron chi connectivity index (χ0n) is 12.7. The van der Waals surface area contributed by atoms with Crippen molar-refractivity contribution < 1.29 is 19.1 Å². The van der Waals surface area contributed by atoms with Crippen LogP contribution >= 0.6 is 22.7 Å². The lowest BCUT2D eigenvalue weighted by atomic mass is 10.2. The summed E-state index contributed by atoms with van der Waals surface area (Å²) in [5, 5.41) is 3.78. The van der Waals surface area contributed by atoms with Gasteiger partial charge in [0.2, 0.25) is 0 Å². The maximum atomic E-state index is 12.2. The van der Waals surface area contributed by atoms with E-state index in [-0.39, 0.29) is 18.0 Å². The number of hydrogen-bond donors (Lipinski definition) is 1. The van der Waals surface area contributed by atoms with Crippen molar-refractivity contribution in [1.82, 2.24) is 9.97 Å². The fraction of sp³-hybridized carbons (Fsp3) is 0.200. The van der Waals surface area contributed by atoms with E-state index < -0.39 is 11.9 Å². The van der Waals surface area contributed by atoms with Crippen LogP contribution in [0.15, 0.2) is 21.6 Å². The highest BCUT2D eigenvalue weighted by Gasteiger charge is 2.20. The maximum absolute atomic E-state index is 12.2. The second-order valence-corrected chi connectivity index (χ2v) is 6.61. The molecule has 0 unspecified atom stereocenters. The van der Waals surface area contributed by atoms with E-state index in [0.717, 1.165) is 11.3 Å². The van der Waals surface area contributed by atoms with E-state index in [0.29, 0.717) is 26.2 Å². The van der Waals surface area contributed by atoms with Gasteiger partial charge in [-0.1, -0.05) is 0 Å². The summed E-state index contributed by atoms with van der Waals surface area (Å²) in [6.45, 7) is 1.50. The quantitative estimate of drug-likeness (QED) is 0.714. The number of hydrogen-bond acceptors (Lipinski definition) is 8. The number of aromatic nitrogens is 2. The van der Waals surface area contributed by atoms with Gasteiger partial charge in [-0.25, -0.2) is 14.6 Å². The van der Waals surface area contributed by atoms with Crippen LogP contribution in [0.2, 0.25) is 0 Å². The molecule has 0 radical (unpaired) electrons. The van der Waals surface area contributed by atoms with Crippen LogP contribution in [0, 0.1) is 6.92 Å². The molecule has 3 rings (SSSR count). The third-order valence-corrected chi connectivity index (χ3v) is 5.17. The smallest absolute Gasteiger partial charge is 0.348 e. The Kier molecular flexibility index (Phi) is 4.45. The number of aryl methyl sites for hydroxylation is 1. The molecule has 9 heteroatoms. The molecule has 3 heterocycles. The molecular weight excluding hydrogens is 352 g/mol. The van der Waals surface area contributed by atoms with E-state index >= 15 is 0 Å². The highest BCUT2D eigenvalue weighted by Crippen LogP contribution is 2.27. The fourth-order valence-electron chi connectivity index (χ4n) is 2.14. The summed E-state index contributed by atoms with van der Waals surface area (Å²) in [6.07, 6.45) is 0. The Hall–Kier alpha value is -2.52. The molecule has 0 bridgehead atoms. The van der Waals surface area contributed by atoms with Gasteiger partial charge >= 0.3 is 11.9 Å². The number of nitrogens with one attached hydrogen (secondary N) is 1. The monoisotopic (exact) mass is 364 g/mol. The first-order valence-electron chi connectivity index (χ1n) is 6.81. The molecule has 0 saturated heterocycles. The highest BCUT2D eigenvalue weighted by atomic mass is 32.1. The minimum absolute atomic E-state index is 0.162. The van der Waals surface area contributed by atoms with E-state index in [9.17, 15) is 14.4 Å². The van der Waals surface area contributed by atoms with Gasteiger partial charge in [0.05, 0.1) is 18.1 Å². The van der Waals surface area contributed by atoms with Crippen molar-refractivity contribution in [3.63, 3.8) is 0 Å². The van der Waals surface area contributed by atoms with Crippen molar-refractivity contribution in [2.45, 2.75) is 13.5 Å². The molecule has 1 N–H and O–H groups in total.